The minimum absolute atomic E-state index is 0.394. The predicted molar refractivity (Wildman–Crippen MR) is 129 cm³/mol. The molecule has 0 fully saturated rings. The maximum atomic E-state index is 9.88. The van der Waals surface area contributed by atoms with Gasteiger partial charge in [-0.2, -0.15) is 10.5 Å². The summed E-state index contributed by atoms with van der Waals surface area (Å²) in [5.74, 6) is 2.37. The quantitative estimate of drug-likeness (QED) is 0.305. The van der Waals surface area contributed by atoms with Gasteiger partial charge in [0.25, 0.3) is 0 Å². The Bertz CT molecular complexity index is 1490. The smallest absolute Gasteiger partial charge is 0.222 e. The summed E-state index contributed by atoms with van der Waals surface area (Å²) in [6.07, 6.45) is 1.79. The van der Waals surface area contributed by atoms with Gasteiger partial charge in [-0.25, -0.2) is 4.98 Å². The minimum atomic E-state index is 0.394. The summed E-state index contributed by atoms with van der Waals surface area (Å²) in [6, 6.07) is 12.0. The number of ether oxygens (including phenoxy) is 2. The highest BCUT2D eigenvalue weighted by Crippen LogP contribution is 2.30. The molecule has 0 atom stereocenters. The number of benzene rings is 1. The van der Waals surface area contributed by atoms with Crippen LogP contribution in [-0.4, -0.2) is 34.9 Å². The normalized spacial score (nSPS) is 11.6. The molecule has 0 aliphatic carbocycles. The third-order valence-corrected chi connectivity index (χ3v) is 5.84. The lowest BCUT2D eigenvalue weighted by atomic mass is 10.1. The topological polar surface area (TPSA) is 113 Å². The first-order valence-corrected chi connectivity index (χ1v) is 10.8. The Kier molecular flexibility index (Phi) is 6.27. The van der Waals surface area contributed by atoms with Crippen LogP contribution in [0.3, 0.4) is 0 Å². The molecule has 0 aliphatic heterocycles. The van der Waals surface area contributed by atoms with E-state index in [9.17, 15) is 10.5 Å². The first-order valence-electron chi connectivity index (χ1n) is 10.8. The molecule has 172 valence electrons. The largest absolute Gasteiger partial charge is 0.491 e. The molecule has 3 aromatic heterocycles. The number of nitrogens with zero attached hydrogens (tertiary/aromatic N) is 4. The van der Waals surface area contributed by atoms with Crippen molar-refractivity contribution >= 4 is 22.7 Å². The fourth-order valence-corrected chi connectivity index (χ4v) is 3.90. The van der Waals surface area contributed by atoms with Gasteiger partial charge in [0, 0.05) is 30.1 Å². The van der Waals surface area contributed by atoms with E-state index >= 15 is 0 Å². The molecule has 0 aliphatic rings. The van der Waals surface area contributed by atoms with Crippen molar-refractivity contribution in [2.45, 2.75) is 27.7 Å². The van der Waals surface area contributed by atoms with Crippen LogP contribution in [0, 0.1) is 50.4 Å². The number of nitrogens with one attached hydrogen (secondary N) is 1. The van der Waals surface area contributed by atoms with Crippen LogP contribution in [0.5, 0.6) is 5.75 Å². The third kappa shape index (κ3) is 4.07. The summed E-state index contributed by atoms with van der Waals surface area (Å²) in [5, 5.41) is 19.5. The average molecular weight is 456 g/mol. The molecule has 3 heterocycles. The van der Waals surface area contributed by atoms with Crippen LogP contribution in [0.4, 0.5) is 0 Å². The monoisotopic (exact) mass is 455 g/mol. The molecule has 1 aromatic carbocycles. The SMILES string of the molecule is COCCOc1ccc2nc(C(C#N)=Cc3cc(C)n(-c4oc(C)c(C)c4C#N)c3C)[nH]c2c1. The Morgan fingerprint density at radius 1 is 1.18 bits per heavy atom. The van der Waals surface area contributed by atoms with Crippen LogP contribution in [0.25, 0.3) is 28.6 Å². The zero-order chi connectivity index (χ0) is 24.4. The molecule has 0 spiro atoms. The van der Waals surface area contributed by atoms with E-state index in [4.69, 9.17) is 13.9 Å². The van der Waals surface area contributed by atoms with Crippen molar-refractivity contribution in [3.63, 3.8) is 0 Å². The number of fused-ring (bicyclic) bond motifs is 1. The van der Waals surface area contributed by atoms with E-state index in [0.29, 0.717) is 47.6 Å². The maximum Gasteiger partial charge on any atom is 0.222 e. The van der Waals surface area contributed by atoms with Gasteiger partial charge in [-0.05, 0) is 57.5 Å². The van der Waals surface area contributed by atoms with Crippen LogP contribution < -0.4 is 4.74 Å². The second-order valence-corrected chi connectivity index (χ2v) is 8.01. The Hall–Kier alpha value is -4.27. The Morgan fingerprint density at radius 3 is 2.68 bits per heavy atom. The van der Waals surface area contributed by atoms with Crippen molar-refractivity contribution in [3.8, 4) is 23.8 Å². The highest BCUT2D eigenvalue weighted by Gasteiger charge is 2.20. The maximum absolute atomic E-state index is 9.88. The molecule has 0 unspecified atom stereocenters. The number of imidazole rings is 1. The van der Waals surface area contributed by atoms with E-state index in [-0.39, 0.29) is 0 Å². The molecule has 0 radical (unpaired) electrons. The standard InChI is InChI=1S/C26H25N5O3/c1-15-10-19(17(3)31(15)26-22(14-28)16(2)18(4)34-26)11-20(13-27)25-29-23-7-6-21(12-24(23)30-25)33-9-8-32-5/h6-7,10-12H,8-9H2,1-5H3,(H,29,30). The summed E-state index contributed by atoms with van der Waals surface area (Å²) in [7, 11) is 1.63. The highest BCUT2D eigenvalue weighted by atomic mass is 16.5. The van der Waals surface area contributed by atoms with Crippen molar-refractivity contribution in [2.75, 3.05) is 20.3 Å². The van der Waals surface area contributed by atoms with E-state index in [1.165, 1.54) is 0 Å². The molecule has 4 aromatic rings. The van der Waals surface area contributed by atoms with Crippen molar-refractivity contribution < 1.29 is 13.9 Å². The summed E-state index contributed by atoms with van der Waals surface area (Å²) in [4.78, 5) is 7.80. The van der Waals surface area contributed by atoms with Crippen LogP contribution >= 0.6 is 0 Å². The van der Waals surface area contributed by atoms with Crippen molar-refractivity contribution in [3.05, 3.63) is 63.9 Å². The van der Waals surface area contributed by atoms with Gasteiger partial charge in [-0.3, -0.25) is 4.57 Å². The lowest BCUT2D eigenvalue weighted by Crippen LogP contribution is -2.03. The molecule has 8 nitrogen and oxygen atoms in total. The first-order chi connectivity index (χ1) is 16.4. The zero-order valence-corrected chi connectivity index (χ0v) is 19.8. The van der Waals surface area contributed by atoms with E-state index < -0.39 is 0 Å². The molecular weight excluding hydrogens is 430 g/mol. The van der Waals surface area contributed by atoms with Gasteiger partial charge < -0.3 is 18.9 Å². The van der Waals surface area contributed by atoms with Crippen LogP contribution in [-0.2, 0) is 4.74 Å². The van der Waals surface area contributed by atoms with Crippen molar-refractivity contribution in [1.82, 2.24) is 14.5 Å². The van der Waals surface area contributed by atoms with Crippen molar-refractivity contribution in [2.24, 2.45) is 0 Å². The Labute approximate surface area is 197 Å². The molecule has 0 saturated carbocycles. The fourth-order valence-electron chi connectivity index (χ4n) is 3.90. The minimum Gasteiger partial charge on any atom is -0.491 e. The number of aromatic nitrogens is 3. The van der Waals surface area contributed by atoms with Crippen LogP contribution in [0.1, 0.15) is 39.7 Å². The molecule has 0 amide bonds. The van der Waals surface area contributed by atoms with Crippen LogP contribution in [0.15, 0.2) is 28.7 Å². The van der Waals surface area contributed by atoms with Gasteiger partial charge in [0.05, 0.1) is 23.2 Å². The molecular formula is C26H25N5O3. The van der Waals surface area contributed by atoms with Gasteiger partial charge in [-0.1, -0.05) is 0 Å². The molecule has 0 saturated heterocycles. The van der Waals surface area contributed by atoms with E-state index in [0.717, 1.165) is 33.5 Å². The number of H-pyrrole nitrogens is 1. The van der Waals surface area contributed by atoms with Gasteiger partial charge in [0.2, 0.25) is 5.88 Å². The number of hydrogen-bond donors (Lipinski definition) is 1. The first kappa shape index (κ1) is 22.9. The second kappa shape index (κ2) is 9.30. The summed E-state index contributed by atoms with van der Waals surface area (Å²) < 4.78 is 18.5. The Balaban J connectivity index is 1.72. The summed E-state index contributed by atoms with van der Waals surface area (Å²) in [6.45, 7) is 8.54. The lowest BCUT2D eigenvalue weighted by molar-refractivity contribution is 0.146. The number of rotatable bonds is 7. The van der Waals surface area contributed by atoms with Gasteiger partial charge in [0.1, 0.15) is 41.6 Å². The molecule has 4 rings (SSSR count). The predicted octanol–water partition coefficient (Wildman–Crippen LogP) is 5.14. The van der Waals surface area contributed by atoms with E-state index in [1.54, 1.807) is 13.2 Å². The number of aromatic amines is 1. The number of nitriles is 2. The van der Waals surface area contributed by atoms with E-state index in [2.05, 4.69) is 22.1 Å². The molecule has 0 bridgehead atoms. The van der Waals surface area contributed by atoms with E-state index in [1.807, 2.05) is 56.5 Å². The number of furan rings is 1. The average Bonchev–Trinajstić information content (AvgIpc) is 3.45. The molecule has 1 N–H and O–H groups in total. The number of hydrogen-bond acceptors (Lipinski definition) is 6. The second-order valence-electron chi connectivity index (χ2n) is 8.01. The van der Waals surface area contributed by atoms with Gasteiger partial charge in [0.15, 0.2) is 0 Å². The van der Waals surface area contributed by atoms with Crippen LogP contribution in [0.2, 0.25) is 0 Å². The highest BCUT2D eigenvalue weighted by molar-refractivity contribution is 5.91. The third-order valence-electron chi connectivity index (χ3n) is 5.84. The summed E-state index contributed by atoms with van der Waals surface area (Å²) >= 11 is 0. The molecule has 34 heavy (non-hydrogen) atoms. The van der Waals surface area contributed by atoms with Gasteiger partial charge in [-0.15, -0.1) is 0 Å². The van der Waals surface area contributed by atoms with Gasteiger partial charge >= 0.3 is 0 Å². The number of allylic oxidation sites excluding steroid dienone is 1. The molecule has 8 heteroatoms. The Morgan fingerprint density at radius 2 is 1.97 bits per heavy atom. The van der Waals surface area contributed by atoms with Crippen molar-refractivity contribution in [1.29, 1.82) is 10.5 Å². The number of aryl methyl sites for hydroxylation is 2. The lowest BCUT2D eigenvalue weighted by Gasteiger charge is -2.06. The summed E-state index contributed by atoms with van der Waals surface area (Å²) in [5.41, 5.74) is 5.84. The fraction of sp³-hybridized carbons (Fsp3) is 0.269. The zero-order valence-electron chi connectivity index (χ0n) is 19.8. The number of methoxy groups -OCH3 is 1.